The van der Waals surface area contributed by atoms with E-state index in [0.717, 1.165) is 11.1 Å². The van der Waals surface area contributed by atoms with Crippen LogP contribution in [0.25, 0.3) is 0 Å². The lowest BCUT2D eigenvalue weighted by Crippen LogP contribution is -2.49. The van der Waals surface area contributed by atoms with Gasteiger partial charge in [-0.2, -0.15) is 0 Å². The lowest BCUT2D eigenvalue weighted by molar-refractivity contribution is -0.122. The molecule has 0 saturated heterocycles. The van der Waals surface area contributed by atoms with E-state index in [2.05, 4.69) is 29.6 Å². The molecule has 0 unspecified atom stereocenters. The highest BCUT2D eigenvalue weighted by Gasteiger charge is 2.22. The van der Waals surface area contributed by atoms with E-state index in [4.69, 9.17) is 5.73 Å². The molecule has 3 N–H and O–H groups in total. The molecule has 0 saturated carbocycles. The van der Waals surface area contributed by atoms with Crippen molar-refractivity contribution in [3.8, 4) is 0 Å². The number of rotatable bonds is 6. The van der Waals surface area contributed by atoms with E-state index in [1.807, 2.05) is 50.2 Å². The Hall–Kier alpha value is -2.13. The number of amides is 1. The number of carbonyl (C=O) groups excluding carboxylic acids is 1. The summed E-state index contributed by atoms with van der Waals surface area (Å²) < 4.78 is 0. The van der Waals surface area contributed by atoms with Crippen LogP contribution >= 0.6 is 0 Å². The van der Waals surface area contributed by atoms with Crippen molar-refractivity contribution >= 4 is 5.91 Å². The second kappa shape index (κ2) is 7.23. The van der Waals surface area contributed by atoms with Crippen LogP contribution < -0.4 is 11.1 Å². The minimum Gasteiger partial charge on any atom is -0.350 e. The summed E-state index contributed by atoms with van der Waals surface area (Å²) in [6.07, 6.45) is 0.414. The summed E-state index contributed by atoms with van der Waals surface area (Å²) in [5, 5.41) is 3.01. The Balaban J connectivity index is 2.21. The normalized spacial score (nSPS) is 11.5. The van der Waals surface area contributed by atoms with Gasteiger partial charge in [0.05, 0.1) is 0 Å². The molecule has 1 amide bonds. The van der Waals surface area contributed by atoms with Gasteiger partial charge in [0.1, 0.15) is 0 Å². The number of carbonyl (C=O) groups is 1. The molecule has 3 nitrogen and oxygen atoms in total. The van der Waals surface area contributed by atoms with Crippen LogP contribution in [0, 0.1) is 0 Å². The van der Waals surface area contributed by atoms with Gasteiger partial charge in [0.2, 0.25) is 5.91 Å². The molecule has 0 spiro atoms. The molecule has 22 heavy (non-hydrogen) atoms. The summed E-state index contributed by atoms with van der Waals surface area (Å²) in [5.74, 6) is 0.0733. The van der Waals surface area contributed by atoms with Crippen LogP contribution in [0.4, 0.5) is 0 Å². The molecule has 0 aromatic heterocycles. The molecule has 3 heteroatoms. The number of nitrogens with two attached hydrogens (primary N) is 1. The lowest BCUT2D eigenvalue weighted by atomic mass is 9.88. The van der Waals surface area contributed by atoms with Crippen LogP contribution in [-0.2, 0) is 4.79 Å². The summed E-state index contributed by atoms with van der Waals surface area (Å²) in [7, 11) is 0. The minimum absolute atomic E-state index is 0.0214. The minimum atomic E-state index is -0.380. The average molecular weight is 296 g/mol. The van der Waals surface area contributed by atoms with Crippen LogP contribution in [-0.4, -0.2) is 18.0 Å². The monoisotopic (exact) mass is 296 g/mol. The number of benzene rings is 2. The summed E-state index contributed by atoms with van der Waals surface area (Å²) >= 11 is 0. The van der Waals surface area contributed by atoms with E-state index in [9.17, 15) is 4.79 Å². The molecule has 0 aliphatic heterocycles. The van der Waals surface area contributed by atoms with E-state index >= 15 is 0 Å². The van der Waals surface area contributed by atoms with Crippen molar-refractivity contribution in [1.29, 1.82) is 0 Å². The molecule has 0 atom stereocenters. The van der Waals surface area contributed by atoms with Gasteiger partial charge < -0.3 is 11.1 Å². The van der Waals surface area contributed by atoms with Crippen molar-refractivity contribution in [3.05, 3.63) is 71.8 Å². The van der Waals surface area contributed by atoms with Crippen molar-refractivity contribution < 1.29 is 4.79 Å². The van der Waals surface area contributed by atoms with Gasteiger partial charge in [-0.25, -0.2) is 0 Å². The zero-order valence-corrected chi connectivity index (χ0v) is 13.3. The quantitative estimate of drug-likeness (QED) is 0.861. The summed E-state index contributed by atoms with van der Waals surface area (Å²) in [6.45, 7) is 4.29. The molecule has 0 bridgehead atoms. The van der Waals surface area contributed by atoms with E-state index in [0.29, 0.717) is 13.0 Å². The fourth-order valence-corrected chi connectivity index (χ4v) is 2.46. The average Bonchev–Trinajstić information content (AvgIpc) is 2.54. The SMILES string of the molecule is CC(C)(CN)NC(=O)CC(c1ccccc1)c1ccccc1. The zero-order chi connectivity index (χ0) is 16.0. The molecule has 2 aromatic rings. The van der Waals surface area contributed by atoms with Gasteiger partial charge in [0.25, 0.3) is 0 Å². The van der Waals surface area contributed by atoms with Gasteiger partial charge in [-0.05, 0) is 25.0 Å². The number of hydrogen-bond acceptors (Lipinski definition) is 2. The predicted molar refractivity (Wildman–Crippen MR) is 90.6 cm³/mol. The Morgan fingerprint density at radius 3 is 1.86 bits per heavy atom. The Labute approximate surface area is 132 Å². The fraction of sp³-hybridized carbons (Fsp3) is 0.316. The Kier molecular flexibility index (Phi) is 5.34. The maximum atomic E-state index is 12.4. The molecule has 0 fully saturated rings. The van der Waals surface area contributed by atoms with E-state index in [-0.39, 0.29) is 17.4 Å². The topological polar surface area (TPSA) is 55.1 Å². The molecule has 0 radical (unpaired) electrons. The molecular formula is C19H24N2O. The molecule has 2 rings (SSSR count). The van der Waals surface area contributed by atoms with Crippen LogP contribution in [0.5, 0.6) is 0 Å². The first-order chi connectivity index (χ1) is 10.5. The maximum absolute atomic E-state index is 12.4. The number of nitrogens with one attached hydrogen (secondary N) is 1. The van der Waals surface area contributed by atoms with Crippen molar-refractivity contribution in [1.82, 2.24) is 5.32 Å². The van der Waals surface area contributed by atoms with Gasteiger partial charge in [0, 0.05) is 24.4 Å². The first-order valence-corrected chi connectivity index (χ1v) is 7.63. The summed E-state index contributed by atoms with van der Waals surface area (Å²) in [6, 6.07) is 20.3. The molecule has 116 valence electrons. The van der Waals surface area contributed by atoms with Crippen molar-refractivity contribution in [2.45, 2.75) is 31.7 Å². The molecule has 0 heterocycles. The fourth-order valence-electron chi connectivity index (χ4n) is 2.46. The van der Waals surface area contributed by atoms with Gasteiger partial charge in [-0.15, -0.1) is 0 Å². The van der Waals surface area contributed by atoms with E-state index in [1.165, 1.54) is 0 Å². The Morgan fingerprint density at radius 2 is 1.45 bits per heavy atom. The van der Waals surface area contributed by atoms with Crippen LogP contribution in [0.3, 0.4) is 0 Å². The lowest BCUT2D eigenvalue weighted by Gasteiger charge is -2.26. The molecular weight excluding hydrogens is 272 g/mol. The third-order valence-corrected chi connectivity index (χ3v) is 3.78. The van der Waals surface area contributed by atoms with Gasteiger partial charge in [-0.3, -0.25) is 4.79 Å². The highest BCUT2D eigenvalue weighted by atomic mass is 16.1. The van der Waals surface area contributed by atoms with Crippen LogP contribution in [0.15, 0.2) is 60.7 Å². The third-order valence-electron chi connectivity index (χ3n) is 3.78. The van der Waals surface area contributed by atoms with Crippen LogP contribution in [0.2, 0.25) is 0 Å². The Morgan fingerprint density at radius 1 is 1.00 bits per heavy atom. The summed E-state index contributed by atoms with van der Waals surface area (Å²) in [5.41, 5.74) is 7.61. The molecule has 2 aromatic carbocycles. The van der Waals surface area contributed by atoms with E-state index < -0.39 is 0 Å². The first kappa shape index (κ1) is 16.2. The highest BCUT2D eigenvalue weighted by molar-refractivity contribution is 5.78. The van der Waals surface area contributed by atoms with Gasteiger partial charge >= 0.3 is 0 Å². The zero-order valence-electron chi connectivity index (χ0n) is 13.3. The Bertz CT molecular complexity index is 554. The van der Waals surface area contributed by atoms with Gasteiger partial charge in [0.15, 0.2) is 0 Å². The molecule has 0 aliphatic rings. The smallest absolute Gasteiger partial charge is 0.221 e. The summed E-state index contributed by atoms with van der Waals surface area (Å²) in [4.78, 5) is 12.4. The second-order valence-electron chi connectivity index (χ2n) is 6.21. The van der Waals surface area contributed by atoms with E-state index in [1.54, 1.807) is 0 Å². The second-order valence-corrected chi connectivity index (χ2v) is 6.21. The van der Waals surface area contributed by atoms with Gasteiger partial charge in [-0.1, -0.05) is 60.7 Å². The van der Waals surface area contributed by atoms with Crippen LogP contribution in [0.1, 0.15) is 37.3 Å². The number of hydrogen-bond donors (Lipinski definition) is 2. The largest absolute Gasteiger partial charge is 0.350 e. The maximum Gasteiger partial charge on any atom is 0.221 e. The standard InChI is InChI=1S/C19H24N2O/c1-19(2,14-20)21-18(22)13-17(15-9-5-3-6-10-15)16-11-7-4-8-12-16/h3-12,17H,13-14,20H2,1-2H3,(H,21,22). The van der Waals surface area contributed by atoms with Crippen molar-refractivity contribution in [2.75, 3.05) is 6.54 Å². The predicted octanol–water partition coefficient (Wildman–Crippen LogP) is 3.06. The molecule has 0 aliphatic carbocycles. The third kappa shape index (κ3) is 4.43. The van der Waals surface area contributed by atoms with Crippen molar-refractivity contribution in [2.24, 2.45) is 5.73 Å². The first-order valence-electron chi connectivity index (χ1n) is 7.63. The highest BCUT2D eigenvalue weighted by Crippen LogP contribution is 2.27. The van der Waals surface area contributed by atoms with Crippen molar-refractivity contribution in [3.63, 3.8) is 0 Å².